The SMILES string of the molecule is CC[C@H](C)c1nc2ccc(Br)cc2c(=O)n1N=Cc1cccn1-c1ccc(F)cc1. The molecule has 152 valence electrons. The summed E-state index contributed by atoms with van der Waals surface area (Å²) in [4.78, 5) is 17.9. The van der Waals surface area contributed by atoms with Crippen LogP contribution < -0.4 is 5.56 Å². The summed E-state index contributed by atoms with van der Waals surface area (Å²) in [6, 6.07) is 15.4. The van der Waals surface area contributed by atoms with E-state index in [4.69, 9.17) is 4.98 Å². The lowest BCUT2D eigenvalue weighted by Gasteiger charge is -2.14. The van der Waals surface area contributed by atoms with Crippen LogP contribution in [0.15, 0.2) is 75.2 Å². The minimum absolute atomic E-state index is 0.0618. The summed E-state index contributed by atoms with van der Waals surface area (Å²) < 4.78 is 17.3. The molecule has 30 heavy (non-hydrogen) atoms. The van der Waals surface area contributed by atoms with Crippen LogP contribution in [0.3, 0.4) is 0 Å². The van der Waals surface area contributed by atoms with Crippen molar-refractivity contribution in [2.75, 3.05) is 0 Å². The number of rotatable bonds is 5. The van der Waals surface area contributed by atoms with Crippen LogP contribution in [-0.4, -0.2) is 20.4 Å². The molecular weight excluding hydrogens is 447 g/mol. The minimum Gasteiger partial charge on any atom is -0.316 e. The number of hydrogen-bond acceptors (Lipinski definition) is 3. The van der Waals surface area contributed by atoms with E-state index in [1.807, 2.05) is 42.0 Å². The van der Waals surface area contributed by atoms with Gasteiger partial charge in [-0.2, -0.15) is 9.78 Å². The summed E-state index contributed by atoms with van der Waals surface area (Å²) in [5.74, 6) is 0.388. The van der Waals surface area contributed by atoms with Crippen LogP contribution in [0.4, 0.5) is 4.39 Å². The summed E-state index contributed by atoms with van der Waals surface area (Å²) in [5, 5.41) is 5.01. The monoisotopic (exact) mass is 466 g/mol. The maximum atomic E-state index is 13.3. The third-order valence-corrected chi connectivity index (χ3v) is 5.57. The fourth-order valence-electron chi connectivity index (χ4n) is 3.23. The summed E-state index contributed by atoms with van der Waals surface area (Å²) in [5.41, 5.74) is 2.00. The normalized spacial score (nSPS) is 12.7. The molecule has 2 aromatic carbocycles. The summed E-state index contributed by atoms with van der Waals surface area (Å²) in [7, 11) is 0. The van der Waals surface area contributed by atoms with E-state index < -0.39 is 0 Å². The third kappa shape index (κ3) is 3.85. The summed E-state index contributed by atoms with van der Waals surface area (Å²) >= 11 is 3.42. The number of aromatic nitrogens is 3. The standard InChI is InChI=1S/C23H20BrFN4O/c1-3-15(2)22-27-21-11-6-16(24)13-20(21)23(30)29(22)26-14-19-5-4-12-28(19)18-9-7-17(25)8-10-18/h4-15H,3H2,1-2H3/t15-/m0/s1. The van der Waals surface area contributed by atoms with E-state index in [2.05, 4.69) is 28.0 Å². The van der Waals surface area contributed by atoms with E-state index in [9.17, 15) is 9.18 Å². The van der Waals surface area contributed by atoms with Gasteiger partial charge in [0, 0.05) is 22.3 Å². The molecule has 4 rings (SSSR count). The van der Waals surface area contributed by atoms with Gasteiger partial charge in [-0.25, -0.2) is 9.37 Å². The Kier molecular flexibility index (Phi) is 5.63. The van der Waals surface area contributed by atoms with Gasteiger partial charge in [0.1, 0.15) is 11.6 Å². The molecule has 0 saturated heterocycles. The average molecular weight is 467 g/mol. The zero-order valence-corrected chi connectivity index (χ0v) is 18.2. The molecule has 0 aliphatic heterocycles. The van der Waals surface area contributed by atoms with Gasteiger partial charge in [0.05, 0.1) is 22.8 Å². The molecule has 0 saturated carbocycles. The van der Waals surface area contributed by atoms with Gasteiger partial charge < -0.3 is 4.57 Å². The highest BCUT2D eigenvalue weighted by atomic mass is 79.9. The molecule has 4 aromatic rings. The van der Waals surface area contributed by atoms with E-state index in [-0.39, 0.29) is 17.3 Å². The molecule has 0 unspecified atom stereocenters. The summed E-state index contributed by atoms with van der Waals surface area (Å²) in [6.07, 6.45) is 4.32. The quantitative estimate of drug-likeness (QED) is 0.365. The Bertz CT molecular complexity index is 1290. The van der Waals surface area contributed by atoms with Crippen molar-refractivity contribution in [3.8, 4) is 5.69 Å². The van der Waals surface area contributed by atoms with Crippen molar-refractivity contribution in [1.29, 1.82) is 0 Å². The van der Waals surface area contributed by atoms with Crippen LogP contribution >= 0.6 is 15.9 Å². The van der Waals surface area contributed by atoms with Crippen LogP contribution in [0, 0.1) is 5.82 Å². The van der Waals surface area contributed by atoms with Crippen LogP contribution in [-0.2, 0) is 0 Å². The van der Waals surface area contributed by atoms with Crippen molar-refractivity contribution >= 4 is 33.0 Å². The molecule has 0 radical (unpaired) electrons. The maximum absolute atomic E-state index is 13.3. The number of halogens is 2. The lowest BCUT2D eigenvalue weighted by atomic mass is 10.1. The van der Waals surface area contributed by atoms with Gasteiger partial charge >= 0.3 is 0 Å². The van der Waals surface area contributed by atoms with Gasteiger partial charge in [0.25, 0.3) is 5.56 Å². The zero-order valence-electron chi connectivity index (χ0n) is 16.6. The van der Waals surface area contributed by atoms with Crippen molar-refractivity contribution in [3.63, 3.8) is 0 Å². The number of benzene rings is 2. The fourth-order valence-corrected chi connectivity index (χ4v) is 3.59. The van der Waals surface area contributed by atoms with Gasteiger partial charge in [-0.3, -0.25) is 4.79 Å². The second kappa shape index (κ2) is 8.36. The molecule has 2 aromatic heterocycles. The molecule has 0 aliphatic carbocycles. The van der Waals surface area contributed by atoms with Gasteiger partial charge in [-0.05, 0) is 61.0 Å². The van der Waals surface area contributed by atoms with Crippen LogP contribution in [0.25, 0.3) is 16.6 Å². The van der Waals surface area contributed by atoms with Gasteiger partial charge in [0.15, 0.2) is 0 Å². The first-order valence-electron chi connectivity index (χ1n) is 9.67. The first kappa shape index (κ1) is 20.2. The minimum atomic E-state index is -0.292. The van der Waals surface area contributed by atoms with E-state index in [0.29, 0.717) is 16.7 Å². The lowest BCUT2D eigenvalue weighted by Crippen LogP contribution is -2.23. The summed E-state index contributed by atoms with van der Waals surface area (Å²) in [6.45, 7) is 4.08. The Morgan fingerprint density at radius 2 is 1.97 bits per heavy atom. The Morgan fingerprint density at radius 3 is 2.70 bits per heavy atom. The average Bonchev–Trinajstić information content (AvgIpc) is 3.22. The van der Waals surface area contributed by atoms with E-state index in [1.165, 1.54) is 16.8 Å². The van der Waals surface area contributed by atoms with Crippen molar-refractivity contribution in [2.24, 2.45) is 5.10 Å². The molecule has 1 atom stereocenters. The van der Waals surface area contributed by atoms with E-state index in [1.54, 1.807) is 24.4 Å². The molecule has 0 spiro atoms. The Labute approximate surface area is 181 Å². The van der Waals surface area contributed by atoms with Crippen LogP contribution in [0.2, 0.25) is 0 Å². The Balaban J connectivity index is 1.83. The van der Waals surface area contributed by atoms with Gasteiger partial charge in [-0.15, -0.1) is 0 Å². The molecular formula is C23H20BrFN4O. The van der Waals surface area contributed by atoms with Crippen LogP contribution in [0.5, 0.6) is 0 Å². The first-order valence-corrected chi connectivity index (χ1v) is 10.5. The smallest absolute Gasteiger partial charge is 0.282 e. The fraction of sp³-hybridized carbons (Fsp3) is 0.174. The molecule has 7 heteroatoms. The second-order valence-corrected chi connectivity index (χ2v) is 8.00. The van der Waals surface area contributed by atoms with Gasteiger partial charge in [0.2, 0.25) is 0 Å². The Morgan fingerprint density at radius 1 is 1.20 bits per heavy atom. The molecule has 0 bridgehead atoms. The number of fused-ring (bicyclic) bond motifs is 1. The van der Waals surface area contributed by atoms with E-state index >= 15 is 0 Å². The molecule has 0 aliphatic rings. The predicted molar refractivity (Wildman–Crippen MR) is 121 cm³/mol. The van der Waals surface area contributed by atoms with Crippen molar-refractivity contribution in [2.45, 2.75) is 26.2 Å². The van der Waals surface area contributed by atoms with Crippen molar-refractivity contribution in [1.82, 2.24) is 14.2 Å². The highest BCUT2D eigenvalue weighted by Gasteiger charge is 2.15. The lowest BCUT2D eigenvalue weighted by molar-refractivity contribution is 0.613. The number of nitrogens with zero attached hydrogens (tertiary/aromatic N) is 4. The molecule has 0 N–H and O–H groups in total. The maximum Gasteiger partial charge on any atom is 0.282 e. The molecule has 5 nitrogen and oxygen atoms in total. The molecule has 2 heterocycles. The largest absolute Gasteiger partial charge is 0.316 e. The molecule has 0 fully saturated rings. The predicted octanol–water partition coefficient (Wildman–Crippen LogP) is 5.48. The number of hydrogen-bond donors (Lipinski definition) is 0. The second-order valence-electron chi connectivity index (χ2n) is 7.08. The topological polar surface area (TPSA) is 52.2 Å². The van der Waals surface area contributed by atoms with E-state index in [0.717, 1.165) is 22.3 Å². The van der Waals surface area contributed by atoms with Crippen molar-refractivity contribution < 1.29 is 4.39 Å². The first-order chi connectivity index (χ1) is 14.5. The van der Waals surface area contributed by atoms with Gasteiger partial charge in [-0.1, -0.05) is 29.8 Å². The zero-order chi connectivity index (χ0) is 21.3. The van der Waals surface area contributed by atoms with Crippen LogP contribution in [0.1, 0.15) is 37.7 Å². The highest BCUT2D eigenvalue weighted by Crippen LogP contribution is 2.21. The third-order valence-electron chi connectivity index (χ3n) is 5.08. The van der Waals surface area contributed by atoms with Crippen molar-refractivity contribution in [3.05, 3.63) is 93.0 Å². The molecule has 0 amide bonds. The highest BCUT2D eigenvalue weighted by molar-refractivity contribution is 9.10. The Hall–Kier alpha value is -3.06.